The van der Waals surface area contributed by atoms with Gasteiger partial charge in [-0.05, 0) is 13.8 Å². The molecule has 2 rings (SSSR count). The smallest absolute Gasteiger partial charge is 0.333 e. The van der Waals surface area contributed by atoms with Crippen molar-refractivity contribution in [3.8, 4) is 0 Å². The predicted molar refractivity (Wildman–Crippen MR) is 93.7 cm³/mol. The molecule has 1 fully saturated rings. The molecule has 0 spiro atoms. The van der Waals surface area contributed by atoms with Crippen LogP contribution in [0.3, 0.4) is 0 Å². The topological polar surface area (TPSA) is 84.4 Å². The first kappa shape index (κ1) is 18.1. The van der Waals surface area contributed by atoms with Crippen molar-refractivity contribution in [1.82, 2.24) is 15.1 Å². The van der Waals surface area contributed by atoms with Gasteiger partial charge in [-0.2, -0.15) is 0 Å². The number of carbonyl (C=O) groups excluding carboxylic acids is 2. The van der Waals surface area contributed by atoms with Crippen molar-refractivity contribution >= 4 is 51.9 Å². The second-order valence-electron chi connectivity index (χ2n) is 4.32. The fraction of sp³-hybridized carbons (Fsp3) is 0.538. The monoisotopic (exact) mass is 374 g/mol. The third-order valence-corrected chi connectivity index (χ3v) is 5.73. The number of esters is 1. The average Bonchev–Trinajstić information content (AvgIpc) is 3.09. The Bertz CT molecular complexity index is 591. The Hall–Kier alpha value is -1.26. The standard InChI is InChI=1S/C13H18N4O3S3/c1-3-14-12-15-16-13(23-12)21-6-5-17-9(18)8-22-10(17)7-11(19)20-4-2/h7H,3-6,8H2,1-2H3,(H,14,15)/b10-7-. The first-order valence-corrected chi connectivity index (χ1v) is 9.94. The summed E-state index contributed by atoms with van der Waals surface area (Å²) in [5.74, 6) is 0.644. The molecule has 0 bridgehead atoms. The van der Waals surface area contributed by atoms with Gasteiger partial charge in [0.05, 0.1) is 23.5 Å². The van der Waals surface area contributed by atoms with E-state index >= 15 is 0 Å². The molecule has 23 heavy (non-hydrogen) atoms. The van der Waals surface area contributed by atoms with E-state index in [2.05, 4.69) is 15.5 Å². The number of hydrogen-bond acceptors (Lipinski definition) is 9. The molecule has 2 heterocycles. The number of rotatable bonds is 8. The molecule has 7 nitrogen and oxygen atoms in total. The van der Waals surface area contributed by atoms with Gasteiger partial charge in [0.1, 0.15) is 0 Å². The first-order valence-electron chi connectivity index (χ1n) is 7.15. The lowest BCUT2D eigenvalue weighted by atomic mass is 10.5. The molecule has 126 valence electrons. The molecule has 1 amide bonds. The highest BCUT2D eigenvalue weighted by atomic mass is 32.2. The van der Waals surface area contributed by atoms with E-state index in [1.54, 1.807) is 23.6 Å². The second kappa shape index (κ2) is 9.14. The SMILES string of the molecule is CCNc1nnc(SCCN2C(=O)CS/C2=C\C(=O)OCC)s1. The van der Waals surface area contributed by atoms with Crippen LogP contribution in [0.4, 0.5) is 5.13 Å². The average molecular weight is 375 g/mol. The first-order chi connectivity index (χ1) is 11.1. The zero-order valence-corrected chi connectivity index (χ0v) is 15.4. The van der Waals surface area contributed by atoms with Gasteiger partial charge in [0, 0.05) is 18.8 Å². The Morgan fingerprint density at radius 2 is 2.30 bits per heavy atom. The number of thioether (sulfide) groups is 2. The highest BCUT2D eigenvalue weighted by molar-refractivity contribution is 8.04. The number of nitrogens with one attached hydrogen (secondary N) is 1. The number of anilines is 1. The molecule has 1 aliphatic heterocycles. The van der Waals surface area contributed by atoms with Crippen molar-refractivity contribution in [3.05, 3.63) is 11.1 Å². The minimum absolute atomic E-state index is 0.0109. The number of carbonyl (C=O) groups is 2. The molecular weight excluding hydrogens is 356 g/mol. The van der Waals surface area contributed by atoms with E-state index in [0.717, 1.165) is 16.0 Å². The van der Waals surface area contributed by atoms with Crippen molar-refractivity contribution in [2.75, 3.05) is 36.5 Å². The third kappa shape index (κ3) is 5.40. The molecule has 0 saturated carbocycles. The van der Waals surface area contributed by atoms with Crippen LogP contribution in [-0.2, 0) is 14.3 Å². The Kier molecular flexibility index (Phi) is 7.18. The molecule has 0 atom stereocenters. The molecule has 1 aromatic heterocycles. The van der Waals surface area contributed by atoms with E-state index in [-0.39, 0.29) is 5.91 Å². The fourth-order valence-electron chi connectivity index (χ4n) is 1.77. The van der Waals surface area contributed by atoms with Gasteiger partial charge in [-0.3, -0.25) is 4.79 Å². The van der Waals surface area contributed by atoms with Gasteiger partial charge in [-0.25, -0.2) is 4.79 Å². The summed E-state index contributed by atoms with van der Waals surface area (Å²) in [5.41, 5.74) is 0. The highest BCUT2D eigenvalue weighted by Gasteiger charge is 2.27. The molecule has 1 aliphatic rings. The Labute approximate surface area is 147 Å². The van der Waals surface area contributed by atoms with Crippen LogP contribution >= 0.6 is 34.9 Å². The summed E-state index contributed by atoms with van der Waals surface area (Å²) < 4.78 is 5.75. The van der Waals surface area contributed by atoms with E-state index in [1.165, 1.54) is 29.2 Å². The van der Waals surface area contributed by atoms with Gasteiger partial charge >= 0.3 is 5.97 Å². The van der Waals surface area contributed by atoms with Crippen LogP contribution in [0.2, 0.25) is 0 Å². The van der Waals surface area contributed by atoms with E-state index < -0.39 is 5.97 Å². The summed E-state index contributed by atoms with van der Waals surface area (Å²) in [6.07, 6.45) is 1.39. The minimum atomic E-state index is -0.415. The molecule has 0 radical (unpaired) electrons. The van der Waals surface area contributed by atoms with Crippen LogP contribution in [0.1, 0.15) is 13.8 Å². The predicted octanol–water partition coefficient (Wildman–Crippen LogP) is 2.04. The quantitative estimate of drug-likeness (QED) is 0.420. The number of ether oxygens (including phenoxy) is 1. The van der Waals surface area contributed by atoms with Gasteiger partial charge in [-0.15, -0.1) is 10.2 Å². The Balaban J connectivity index is 1.86. The van der Waals surface area contributed by atoms with Crippen LogP contribution in [0, 0.1) is 0 Å². The molecule has 10 heteroatoms. The van der Waals surface area contributed by atoms with Gasteiger partial charge in [0.2, 0.25) is 11.0 Å². The summed E-state index contributed by atoms with van der Waals surface area (Å²) in [6.45, 7) is 5.41. The summed E-state index contributed by atoms with van der Waals surface area (Å²) >= 11 is 4.40. The molecular formula is C13H18N4O3S3. The maximum absolute atomic E-state index is 11.9. The normalized spacial score (nSPS) is 16.2. The van der Waals surface area contributed by atoms with Crippen molar-refractivity contribution in [2.24, 2.45) is 0 Å². The van der Waals surface area contributed by atoms with Crippen LogP contribution < -0.4 is 5.32 Å². The number of nitrogens with zero attached hydrogens (tertiary/aromatic N) is 3. The van der Waals surface area contributed by atoms with Crippen LogP contribution in [0.25, 0.3) is 0 Å². The van der Waals surface area contributed by atoms with Gasteiger partial charge in [0.25, 0.3) is 0 Å². The molecule has 0 unspecified atom stereocenters. The zero-order chi connectivity index (χ0) is 16.7. The number of hydrogen-bond donors (Lipinski definition) is 1. The maximum Gasteiger partial charge on any atom is 0.333 e. The van der Waals surface area contributed by atoms with Gasteiger partial charge in [0.15, 0.2) is 4.34 Å². The molecule has 1 N–H and O–H groups in total. The van der Waals surface area contributed by atoms with Gasteiger partial charge < -0.3 is 15.0 Å². The number of amides is 1. The molecule has 0 aliphatic carbocycles. The van der Waals surface area contributed by atoms with E-state index in [4.69, 9.17) is 4.74 Å². The van der Waals surface area contributed by atoms with Crippen molar-refractivity contribution in [3.63, 3.8) is 0 Å². The van der Waals surface area contributed by atoms with Crippen molar-refractivity contribution in [1.29, 1.82) is 0 Å². The lowest BCUT2D eigenvalue weighted by molar-refractivity contribution is -0.137. The summed E-state index contributed by atoms with van der Waals surface area (Å²) in [5, 5.41) is 12.7. The molecule has 1 aromatic rings. The van der Waals surface area contributed by atoms with E-state index in [1.807, 2.05) is 6.92 Å². The molecule has 0 aromatic carbocycles. The van der Waals surface area contributed by atoms with Crippen LogP contribution in [0.5, 0.6) is 0 Å². The lowest BCUT2D eigenvalue weighted by Crippen LogP contribution is -2.27. The number of aromatic nitrogens is 2. The lowest BCUT2D eigenvalue weighted by Gasteiger charge is -2.16. The largest absolute Gasteiger partial charge is 0.463 e. The highest BCUT2D eigenvalue weighted by Crippen LogP contribution is 2.30. The van der Waals surface area contributed by atoms with Crippen molar-refractivity contribution < 1.29 is 14.3 Å². The Morgan fingerprint density at radius 3 is 3.04 bits per heavy atom. The zero-order valence-electron chi connectivity index (χ0n) is 12.9. The van der Waals surface area contributed by atoms with E-state index in [9.17, 15) is 9.59 Å². The third-order valence-electron chi connectivity index (χ3n) is 2.71. The summed E-state index contributed by atoms with van der Waals surface area (Å²) in [4.78, 5) is 25.1. The summed E-state index contributed by atoms with van der Waals surface area (Å²) in [6, 6.07) is 0. The van der Waals surface area contributed by atoms with Crippen molar-refractivity contribution in [2.45, 2.75) is 18.2 Å². The minimum Gasteiger partial charge on any atom is -0.463 e. The van der Waals surface area contributed by atoms with Gasteiger partial charge in [-0.1, -0.05) is 34.9 Å². The molecule has 1 saturated heterocycles. The fourth-order valence-corrected chi connectivity index (χ4v) is 4.54. The maximum atomic E-state index is 11.9. The second-order valence-corrected chi connectivity index (χ2v) is 7.64. The van der Waals surface area contributed by atoms with Crippen LogP contribution in [-0.4, -0.2) is 58.2 Å². The Morgan fingerprint density at radius 1 is 1.48 bits per heavy atom. The van der Waals surface area contributed by atoms with E-state index in [0.29, 0.717) is 29.7 Å². The van der Waals surface area contributed by atoms with Crippen LogP contribution in [0.15, 0.2) is 15.4 Å². The summed E-state index contributed by atoms with van der Waals surface area (Å²) in [7, 11) is 0.